The molecule has 1 aliphatic rings. The van der Waals surface area contributed by atoms with Crippen molar-refractivity contribution in [3.63, 3.8) is 0 Å². The van der Waals surface area contributed by atoms with Crippen LogP contribution in [-0.4, -0.2) is 37.1 Å². The minimum atomic E-state index is -0.580. The van der Waals surface area contributed by atoms with Crippen molar-refractivity contribution in [3.05, 3.63) is 67.8 Å². The number of nitrogens with zero attached hydrogens (tertiary/aromatic N) is 3. The summed E-state index contributed by atoms with van der Waals surface area (Å²) in [5.41, 5.74) is 0.373. The number of carbonyl (C=O) groups is 2. The summed E-state index contributed by atoms with van der Waals surface area (Å²) in [6.45, 7) is 4.07. The summed E-state index contributed by atoms with van der Waals surface area (Å²) in [6, 6.07) is 11.4. The molecule has 0 bridgehead atoms. The molecule has 1 aromatic carbocycles. The number of rotatable bonds is 11. The zero-order valence-electron chi connectivity index (χ0n) is 20.5. The SMILES string of the molecule is CCCCCCn1c(O)c(C(=O)CCCN2C(=O)/C(=C/c3ccccc3)SC2=S)c(C)c(C#N)c1=O. The molecule has 36 heavy (non-hydrogen) atoms. The molecule has 9 heteroatoms. The van der Waals surface area contributed by atoms with Gasteiger partial charge in [0.15, 0.2) is 5.78 Å². The molecule has 0 aliphatic carbocycles. The van der Waals surface area contributed by atoms with E-state index < -0.39 is 11.4 Å². The predicted octanol–water partition coefficient (Wildman–Crippen LogP) is 5.18. The van der Waals surface area contributed by atoms with Gasteiger partial charge >= 0.3 is 0 Å². The lowest BCUT2D eigenvalue weighted by Gasteiger charge is -2.17. The van der Waals surface area contributed by atoms with Crippen molar-refractivity contribution in [1.82, 2.24) is 9.47 Å². The molecule has 2 aromatic rings. The second-order valence-electron chi connectivity index (χ2n) is 8.60. The maximum Gasteiger partial charge on any atom is 0.271 e. The monoisotopic (exact) mass is 523 g/mol. The first kappa shape index (κ1) is 27.4. The number of benzene rings is 1. The molecule has 7 nitrogen and oxygen atoms in total. The molecule has 1 fully saturated rings. The summed E-state index contributed by atoms with van der Waals surface area (Å²) in [7, 11) is 0. The van der Waals surface area contributed by atoms with Crippen molar-refractivity contribution in [1.29, 1.82) is 5.26 Å². The highest BCUT2D eigenvalue weighted by molar-refractivity contribution is 8.26. The van der Waals surface area contributed by atoms with Gasteiger partial charge in [0.2, 0.25) is 5.88 Å². The third kappa shape index (κ3) is 6.12. The number of nitriles is 1. The lowest BCUT2D eigenvalue weighted by molar-refractivity contribution is -0.122. The number of thioether (sulfide) groups is 1. The summed E-state index contributed by atoms with van der Waals surface area (Å²) >= 11 is 6.60. The number of thiocarbonyl (C=S) groups is 1. The van der Waals surface area contributed by atoms with Crippen LogP contribution in [-0.2, 0) is 11.3 Å². The number of hydrogen-bond donors (Lipinski definition) is 1. The number of aromatic nitrogens is 1. The Labute approximate surface area is 220 Å². The van der Waals surface area contributed by atoms with E-state index in [1.54, 1.807) is 6.08 Å². The number of Topliss-reactive ketones (excluding diaryl/α,β-unsaturated/α-hetero) is 1. The molecule has 0 saturated carbocycles. The molecular weight excluding hydrogens is 494 g/mol. The maximum absolute atomic E-state index is 13.1. The molecule has 1 amide bonds. The second-order valence-corrected chi connectivity index (χ2v) is 10.3. The van der Waals surface area contributed by atoms with Crippen LogP contribution in [0.4, 0.5) is 0 Å². The Morgan fingerprint density at radius 1 is 1.14 bits per heavy atom. The Morgan fingerprint density at radius 3 is 2.53 bits per heavy atom. The second kappa shape index (κ2) is 12.7. The number of aromatic hydroxyl groups is 1. The summed E-state index contributed by atoms with van der Waals surface area (Å²) < 4.78 is 1.56. The number of amides is 1. The van der Waals surface area contributed by atoms with Crippen LogP contribution < -0.4 is 5.56 Å². The fourth-order valence-electron chi connectivity index (χ4n) is 4.10. The van der Waals surface area contributed by atoms with Crippen LogP contribution in [0, 0.1) is 18.3 Å². The highest BCUT2D eigenvalue weighted by Gasteiger charge is 2.32. The molecule has 188 valence electrons. The third-order valence-electron chi connectivity index (χ3n) is 6.07. The van der Waals surface area contributed by atoms with Crippen LogP contribution in [0.5, 0.6) is 5.88 Å². The normalized spacial score (nSPS) is 14.5. The Hall–Kier alpha value is -3.22. The Balaban J connectivity index is 1.72. The van der Waals surface area contributed by atoms with Gasteiger partial charge in [0.25, 0.3) is 11.5 Å². The number of carbonyl (C=O) groups excluding carboxylic acids is 2. The van der Waals surface area contributed by atoms with Crippen LogP contribution in [0.15, 0.2) is 40.0 Å². The number of ketones is 1. The van der Waals surface area contributed by atoms with Crippen molar-refractivity contribution in [2.45, 2.75) is 58.9 Å². The van der Waals surface area contributed by atoms with Gasteiger partial charge in [0.05, 0.1) is 10.5 Å². The first-order valence-electron chi connectivity index (χ1n) is 12.0. The van der Waals surface area contributed by atoms with Crippen LogP contribution in [0.2, 0.25) is 0 Å². The van der Waals surface area contributed by atoms with E-state index in [1.165, 1.54) is 23.6 Å². The minimum absolute atomic E-state index is 0.00370. The molecule has 1 aliphatic heterocycles. The van der Waals surface area contributed by atoms with Gasteiger partial charge in [-0.05, 0) is 37.0 Å². The molecule has 0 unspecified atom stereocenters. The number of pyridine rings is 1. The average molecular weight is 524 g/mol. The van der Waals surface area contributed by atoms with E-state index in [0.717, 1.165) is 29.4 Å². The zero-order valence-corrected chi connectivity index (χ0v) is 22.1. The van der Waals surface area contributed by atoms with Gasteiger partial charge in [0, 0.05) is 19.5 Å². The van der Waals surface area contributed by atoms with Crippen LogP contribution in [0.1, 0.15) is 72.5 Å². The largest absolute Gasteiger partial charge is 0.494 e. The summed E-state index contributed by atoms with van der Waals surface area (Å²) in [6.07, 6.45) is 5.70. The van der Waals surface area contributed by atoms with Crippen LogP contribution >= 0.6 is 24.0 Å². The Morgan fingerprint density at radius 2 is 1.86 bits per heavy atom. The Kier molecular flexibility index (Phi) is 9.62. The molecule has 2 heterocycles. The maximum atomic E-state index is 13.1. The topological polar surface area (TPSA) is 103 Å². The van der Waals surface area contributed by atoms with Gasteiger partial charge in [0.1, 0.15) is 16.0 Å². The van der Waals surface area contributed by atoms with Crippen LogP contribution in [0.25, 0.3) is 6.08 Å². The van der Waals surface area contributed by atoms with Crippen molar-refractivity contribution in [3.8, 4) is 11.9 Å². The van der Waals surface area contributed by atoms with E-state index in [-0.39, 0.29) is 47.9 Å². The number of unbranched alkanes of at least 4 members (excludes halogenated alkanes) is 3. The van der Waals surface area contributed by atoms with Gasteiger partial charge in [-0.1, -0.05) is 80.5 Å². The molecule has 1 aromatic heterocycles. The van der Waals surface area contributed by atoms with Gasteiger partial charge in [-0.2, -0.15) is 5.26 Å². The third-order valence-corrected chi connectivity index (χ3v) is 7.45. The van der Waals surface area contributed by atoms with Crippen molar-refractivity contribution in [2.24, 2.45) is 0 Å². The van der Waals surface area contributed by atoms with Crippen LogP contribution in [0.3, 0.4) is 0 Å². The molecule has 0 spiro atoms. The van der Waals surface area contributed by atoms with Crippen molar-refractivity contribution < 1.29 is 14.7 Å². The standard InChI is InChI=1S/C27H29N3O4S2/c1-3-4-5-9-14-29-24(32)20(17-28)18(2)23(26(29)34)21(31)13-10-15-30-25(33)22(36-27(30)35)16-19-11-7-6-8-12-19/h6-8,11-12,16,34H,3-5,9-10,13-15H2,1-2H3/b22-16-. The molecule has 3 rings (SSSR count). The molecule has 1 saturated heterocycles. The van der Waals surface area contributed by atoms with E-state index >= 15 is 0 Å². The Bertz CT molecular complexity index is 1290. The predicted molar refractivity (Wildman–Crippen MR) is 146 cm³/mol. The molecule has 0 radical (unpaired) electrons. The summed E-state index contributed by atoms with van der Waals surface area (Å²) in [4.78, 5) is 40.6. The quantitative estimate of drug-likeness (QED) is 0.187. The molecule has 1 N–H and O–H groups in total. The highest BCUT2D eigenvalue weighted by Crippen LogP contribution is 2.33. The highest BCUT2D eigenvalue weighted by atomic mass is 32.2. The van der Waals surface area contributed by atoms with Crippen molar-refractivity contribution >= 4 is 46.1 Å². The van der Waals surface area contributed by atoms with E-state index in [4.69, 9.17) is 12.2 Å². The lowest BCUT2D eigenvalue weighted by Crippen LogP contribution is -2.30. The van der Waals surface area contributed by atoms with Gasteiger partial charge < -0.3 is 5.11 Å². The first-order chi connectivity index (χ1) is 17.3. The van der Waals surface area contributed by atoms with Gasteiger partial charge in [-0.25, -0.2) is 0 Å². The molecular formula is C27H29N3O4S2. The average Bonchev–Trinajstić information content (AvgIpc) is 3.11. The van der Waals surface area contributed by atoms with E-state index in [0.29, 0.717) is 22.1 Å². The van der Waals surface area contributed by atoms with Gasteiger partial charge in [-0.15, -0.1) is 0 Å². The van der Waals surface area contributed by atoms with E-state index in [9.17, 15) is 24.8 Å². The van der Waals surface area contributed by atoms with Crippen molar-refractivity contribution in [2.75, 3.05) is 6.54 Å². The van der Waals surface area contributed by atoms with E-state index in [1.807, 2.05) is 36.4 Å². The fourth-order valence-corrected chi connectivity index (χ4v) is 5.41. The smallest absolute Gasteiger partial charge is 0.271 e. The van der Waals surface area contributed by atoms with E-state index in [2.05, 4.69) is 6.92 Å². The first-order valence-corrected chi connectivity index (χ1v) is 13.2. The zero-order chi connectivity index (χ0) is 26.2. The lowest BCUT2D eigenvalue weighted by atomic mass is 9.99. The summed E-state index contributed by atoms with van der Waals surface area (Å²) in [5.74, 6) is -0.976. The fraction of sp³-hybridized carbons (Fsp3) is 0.370. The molecule has 0 atom stereocenters. The minimum Gasteiger partial charge on any atom is -0.494 e. The van der Waals surface area contributed by atoms with Gasteiger partial charge in [-0.3, -0.25) is 23.9 Å². The summed E-state index contributed by atoms with van der Waals surface area (Å²) in [5, 5.41) is 20.3. The number of hydrogen-bond acceptors (Lipinski definition) is 7.